The lowest BCUT2D eigenvalue weighted by Crippen LogP contribution is -2.59. The molecule has 3 fully saturated rings. The molecule has 5 heterocycles. The molecule has 8 nitrogen and oxygen atoms in total. The van der Waals surface area contributed by atoms with E-state index in [1.807, 2.05) is 13.0 Å². The summed E-state index contributed by atoms with van der Waals surface area (Å²) < 4.78 is 45.9. The van der Waals surface area contributed by atoms with Gasteiger partial charge in [0.15, 0.2) is 5.69 Å². The number of pyridine rings is 2. The van der Waals surface area contributed by atoms with E-state index in [0.717, 1.165) is 30.7 Å². The quantitative estimate of drug-likeness (QED) is 0.595. The molecule has 6 rings (SSSR count). The number of ether oxygens (including phenoxy) is 1. The zero-order valence-corrected chi connectivity index (χ0v) is 17.7. The van der Waals surface area contributed by atoms with Crippen LogP contribution in [0.1, 0.15) is 40.9 Å². The number of amides is 1. The van der Waals surface area contributed by atoms with E-state index in [1.54, 1.807) is 17.3 Å². The third-order valence-corrected chi connectivity index (χ3v) is 6.19. The van der Waals surface area contributed by atoms with Crippen LogP contribution in [0.5, 0.6) is 5.88 Å². The Morgan fingerprint density at radius 2 is 2.03 bits per heavy atom. The van der Waals surface area contributed by atoms with Crippen LogP contribution in [0, 0.1) is 12.8 Å². The summed E-state index contributed by atoms with van der Waals surface area (Å²) in [6, 6.07) is 3.78. The van der Waals surface area contributed by atoms with Crippen LogP contribution in [0.25, 0.3) is 5.69 Å². The molecule has 2 aliphatic heterocycles. The van der Waals surface area contributed by atoms with E-state index in [4.69, 9.17) is 4.74 Å². The molecule has 3 aliphatic rings. The number of aromatic nitrogens is 5. The molecule has 11 heteroatoms. The fourth-order valence-corrected chi connectivity index (χ4v) is 4.63. The van der Waals surface area contributed by atoms with Crippen LogP contribution >= 0.6 is 0 Å². The van der Waals surface area contributed by atoms with Gasteiger partial charge in [-0.2, -0.15) is 13.2 Å². The highest BCUT2D eigenvalue weighted by Crippen LogP contribution is 2.38. The Hall–Kier alpha value is -3.50. The minimum Gasteiger partial charge on any atom is -0.472 e. The van der Waals surface area contributed by atoms with Gasteiger partial charge in [0.25, 0.3) is 5.91 Å². The Kier molecular flexibility index (Phi) is 5.26. The number of carbonyl (C=O) groups is 1. The van der Waals surface area contributed by atoms with Crippen LogP contribution in [0.2, 0.25) is 0 Å². The standard InChI is InChI=1S/C22H21F3N6O2/c1-13-8-17(31-7-6-28-29-31)20(27-10-13)21(32)30-12-14-2-4-16(30)18(9-14)33-19-5-3-15(11-26-19)22(23,24)25/h3,5-8,10-11,14,16,18H,2,4,9,12H2,1H3/t14-,16-,18+/m0/s1. The van der Waals surface area contributed by atoms with Gasteiger partial charge in [-0.25, -0.2) is 14.6 Å². The van der Waals surface area contributed by atoms with Crippen molar-refractivity contribution in [1.29, 1.82) is 0 Å². The highest BCUT2D eigenvalue weighted by Gasteiger charge is 2.45. The average molecular weight is 458 g/mol. The maximum Gasteiger partial charge on any atom is 0.417 e. The molecule has 33 heavy (non-hydrogen) atoms. The number of carbonyl (C=O) groups excluding carboxylic acids is 1. The first-order valence-corrected chi connectivity index (χ1v) is 10.6. The zero-order valence-electron chi connectivity index (χ0n) is 17.7. The van der Waals surface area contributed by atoms with Crippen molar-refractivity contribution in [3.63, 3.8) is 0 Å². The normalized spacial score (nSPS) is 22.4. The number of piperidine rings is 2. The summed E-state index contributed by atoms with van der Waals surface area (Å²) in [6.45, 7) is 2.46. The van der Waals surface area contributed by atoms with Crippen molar-refractivity contribution in [2.24, 2.45) is 5.92 Å². The highest BCUT2D eigenvalue weighted by atomic mass is 19.4. The van der Waals surface area contributed by atoms with E-state index in [0.29, 0.717) is 18.7 Å². The first-order chi connectivity index (χ1) is 15.8. The van der Waals surface area contributed by atoms with Gasteiger partial charge < -0.3 is 9.64 Å². The van der Waals surface area contributed by atoms with E-state index >= 15 is 0 Å². The second-order valence-corrected chi connectivity index (χ2v) is 8.47. The third kappa shape index (κ3) is 4.14. The van der Waals surface area contributed by atoms with Crippen LogP contribution < -0.4 is 4.74 Å². The molecular weight excluding hydrogens is 437 g/mol. The van der Waals surface area contributed by atoms with E-state index < -0.39 is 11.7 Å². The molecule has 0 aromatic carbocycles. The monoisotopic (exact) mass is 458 g/mol. The molecule has 3 aromatic rings. The summed E-state index contributed by atoms with van der Waals surface area (Å²) in [6.07, 6.45) is 3.19. The second kappa shape index (κ2) is 8.13. The molecule has 0 unspecified atom stereocenters. The maximum absolute atomic E-state index is 13.6. The molecule has 2 bridgehead atoms. The van der Waals surface area contributed by atoms with Crippen molar-refractivity contribution in [1.82, 2.24) is 29.9 Å². The van der Waals surface area contributed by atoms with Gasteiger partial charge in [0.05, 0.1) is 29.7 Å². The molecule has 3 atom stereocenters. The summed E-state index contributed by atoms with van der Waals surface area (Å²) in [7, 11) is 0. The molecule has 0 N–H and O–H groups in total. The number of fused-ring (bicyclic) bond motifs is 3. The lowest BCUT2D eigenvalue weighted by Gasteiger charge is -2.49. The third-order valence-electron chi connectivity index (χ3n) is 6.19. The Morgan fingerprint density at radius 3 is 2.70 bits per heavy atom. The van der Waals surface area contributed by atoms with E-state index in [-0.39, 0.29) is 35.5 Å². The van der Waals surface area contributed by atoms with Gasteiger partial charge >= 0.3 is 6.18 Å². The molecular formula is C22H21F3N6O2. The lowest BCUT2D eigenvalue weighted by molar-refractivity contribution is -0.137. The summed E-state index contributed by atoms with van der Waals surface area (Å²) in [4.78, 5) is 23.6. The molecule has 0 spiro atoms. The van der Waals surface area contributed by atoms with Crippen LogP contribution in [0.15, 0.2) is 43.0 Å². The maximum atomic E-state index is 13.6. The molecule has 172 valence electrons. The largest absolute Gasteiger partial charge is 0.472 e. The Balaban J connectivity index is 1.39. The Bertz CT molecular complexity index is 1150. The van der Waals surface area contributed by atoms with Crippen molar-refractivity contribution in [2.75, 3.05) is 6.54 Å². The molecule has 3 aromatic heterocycles. The van der Waals surface area contributed by atoms with Crippen molar-refractivity contribution in [3.8, 4) is 11.6 Å². The molecule has 1 amide bonds. The lowest BCUT2D eigenvalue weighted by atomic mass is 9.77. The smallest absolute Gasteiger partial charge is 0.417 e. The van der Waals surface area contributed by atoms with Crippen molar-refractivity contribution >= 4 is 5.91 Å². The van der Waals surface area contributed by atoms with E-state index in [2.05, 4.69) is 20.3 Å². The summed E-state index contributed by atoms with van der Waals surface area (Å²) in [5.74, 6) is 0.118. The van der Waals surface area contributed by atoms with Gasteiger partial charge in [0.1, 0.15) is 6.10 Å². The van der Waals surface area contributed by atoms with Gasteiger partial charge in [-0.3, -0.25) is 4.79 Å². The Morgan fingerprint density at radius 1 is 1.18 bits per heavy atom. The number of alkyl halides is 3. The van der Waals surface area contributed by atoms with Crippen LogP contribution in [-0.4, -0.2) is 54.5 Å². The fourth-order valence-electron chi connectivity index (χ4n) is 4.63. The average Bonchev–Trinajstić information content (AvgIpc) is 3.33. The Labute approximate surface area is 187 Å². The van der Waals surface area contributed by atoms with Gasteiger partial charge in [-0.05, 0) is 49.8 Å². The van der Waals surface area contributed by atoms with Crippen molar-refractivity contribution < 1.29 is 22.7 Å². The van der Waals surface area contributed by atoms with E-state index in [1.165, 1.54) is 16.9 Å². The van der Waals surface area contributed by atoms with Crippen LogP contribution in [-0.2, 0) is 6.18 Å². The van der Waals surface area contributed by atoms with Crippen LogP contribution in [0.4, 0.5) is 13.2 Å². The SMILES string of the molecule is Cc1cnc(C(=O)N2C[C@H]3CC[C@H]2[C@H](Oc2ccc(C(F)(F)F)cn2)C3)c(-n2ccnn2)c1. The number of nitrogens with zero attached hydrogens (tertiary/aromatic N) is 6. The zero-order chi connectivity index (χ0) is 23.2. The molecule has 2 saturated heterocycles. The summed E-state index contributed by atoms with van der Waals surface area (Å²) in [5, 5.41) is 7.82. The number of halogens is 3. The minimum atomic E-state index is -4.46. The fraction of sp³-hybridized carbons (Fsp3) is 0.409. The van der Waals surface area contributed by atoms with Crippen molar-refractivity contribution in [3.05, 3.63) is 59.8 Å². The first kappa shape index (κ1) is 21.4. The summed E-state index contributed by atoms with van der Waals surface area (Å²) in [5.41, 5.74) is 0.862. The summed E-state index contributed by atoms with van der Waals surface area (Å²) >= 11 is 0. The topological polar surface area (TPSA) is 86.0 Å². The van der Waals surface area contributed by atoms with Crippen molar-refractivity contribution in [2.45, 2.75) is 44.5 Å². The number of hydrogen-bond donors (Lipinski definition) is 0. The number of hydrogen-bond acceptors (Lipinski definition) is 6. The van der Waals surface area contributed by atoms with Crippen LogP contribution in [0.3, 0.4) is 0 Å². The van der Waals surface area contributed by atoms with Gasteiger partial charge in [-0.1, -0.05) is 5.21 Å². The number of aryl methyl sites for hydroxylation is 1. The van der Waals surface area contributed by atoms with Gasteiger partial charge in [-0.15, -0.1) is 5.10 Å². The molecule has 1 aliphatic carbocycles. The highest BCUT2D eigenvalue weighted by molar-refractivity contribution is 5.96. The predicted octanol–water partition coefficient (Wildman–Crippen LogP) is 3.46. The van der Waals surface area contributed by atoms with Gasteiger partial charge in [0.2, 0.25) is 5.88 Å². The second-order valence-electron chi connectivity index (χ2n) is 8.47. The first-order valence-electron chi connectivity index (χ1n) is 10.6. The predicted molar refractivity (Wildman–Crippen MR) is 110 cm³/mol. The minimum absolute atomic E-state index is 0.115. The van der Waals surface area contributed by atoms with E-state index in [9.17, 15) is 18.0 Å². The number of rotatable bonds is 4. The molecule has 0 radical (unpaired) electrons. The molecule has 1 saturated carbocycles. The van der Waals surface area contributed by atoms with Gasteiger partial charge in [0, 0.05) is 25.0 Å².